The third kappa shape index (κ3) is 6.56. The fourth-order valence-corrected chi connectivity index (χ4v) is 3.69. The van der Waals surface area contributed by atoms with Crippen molar-refractivity contribution in [2.45, 2.75) is 24.5 Å². The number of fused-ring (bicyclic) bond motifs is 1. The number of carboxylic acid groups (broad SMARTS) is 2. The van der Waals surface area contributed by atoms with Crippen molar-refractivity contribution in [3.05, 3.63) is 53.8 Å². The van der Waals surface area contributed by atoms with Crippen LogP contribution in [-0.2, 0) is 9.59 Å². The first-order valence-electron chi connectivity index (χ1n) is 10.6. The Kier molecular flexibility index (Phi) is 8.63. The number of halogens is 1. The molecule has 4 rings (SSSR count). The number of carboxylic acids is 2. The Hall–Kier alpha value is -3.41. The van der Waals surface area contributed by atoms with Gasteiger partial charge in [-0.3, -0.25) is 0 Å². The van der Waals surface area contributed by atoms with Crippen LogP contribution in [-0.4, -0.2) is 71.1 Å². The standard InChI is InChI=1S/C19H20FNO3.C4H6O6/c20-15-3-1-13(2-4-15)17-7-8-21-10-14(17)11-22-16-5-6-18-19(9-16)24-12-23-18;5-1(3(7)8)2(6)4(9)10/h1-6,9,14,17,21H,7-8,10-12H2;1-2,5-6H,(H,7,8)(H,9,10)/t14-,17-;/m0./s1. The lowest BCUT2D eigenvalue weighted by molar-refractivity contribution is -0.165. The molecular weight excluding hydrogens is 453 g/mol. The topological polar surface area (TPSA) is 155 Å². The van der Waals surface area contributed by atoms with Gasteiger partial charge in [0.05, 0.1) is 6.61 Å². The molecule has 2 aliphatic rings. The molecule has 0 aromatic heterocycles. The highest BCUT2D eigenvalue weighted by Gasteiger charge is 2.29. The summed E-state index contributed by atoms with van der Waals surface area (Å²) in [4.78, 5) is 19.5. The number of aliphatic hydroxyl groups is 2. The highest BCUT2D eigenvalue weighted by molar-refractivity contribution is 5.83. The van der Waals surface area contributed by atoms with E-state index in [1.54, 1.807) is 0 Å². The van der Waals surface area contributed by atoms with Crippen LogP contribution < -0.4 is 19.5 Å². The van der Waals surface area contributed by atoms with Gasteiger partial charge in [0.25, 0.3) is 0 Å². The lowest BCUT2D eigenvalue weighted by atomic mass is 9.81. The van der Waals surface area contributed by atoms with E-state index in [0.29, 0.717) is 18.4 Å². The van der Waals surface area contributed by atoms with Crippen molar-refractivity contribution in [2.75, 3.05) is 26.5 Å². The van der Waals surface area contributed by atoms with E-state index in [4.69, 9.17) is 34.6 Å². The van der Waals surface area contributed by atoms with Crippen molar-refractivity contribution >= 4 is 11.9 Å². The number of piperidine rings is 1. The van der Waals surface area contributed by atoms with E-state index in [0.717, 1.165) is 36.8 Å². The van der Waals surface area contributed by atoms with Crippen molar-refractivity contribution in [2.24, 2.45) is 5.92 Å². The summed E-state index contributed by atoms with van der Waals surface area (Å²) in [5.74, 6) is -0.751. The molecule has 0 radical (unpaired) electrons. The minimum absolute atomic E-state index is 0.194. The van der Waals surface area contributed by atoms with E-state index in [2.05, 4.69) is 5.32 Å². The maximum absolute atomic E-state index is 13.2. The Morgan fingerprint density at radius 3 is 2.32 bits per heavy atom. The van der Waals surface area contributed by atoms with Gasteiger partial charge in [-0.15, -0.1) is 0 Å². The molecule has 0 saturated carbocycles. The van der Waals surface area contributed by atoms with Crippen LogP contribution in [0.1, 0.15) is 17.9 Å². The first-order chi connectivity index (χ1) is 16.3. The van der Waals surface area contributed by atoms with E-state index in [1.165, 1.54) is 17.7 Å². The van der Waals surface area contributed by atoms with Crippen LogP contribution in [0.15, 0.2) is 42.5 Å². The van der Waals surface area contributed by atoms with Crippen LogP contribution in [0.25, 0.3) is 0 Å². The molecule has 4 atom stereocenters. The quantitative estimate of drug-likeness (QED) is 0.391. The predicted octanol–water partition coefficient (Wildman–Crippen LogP) is 1.20. The molecule has 2 heterocycles. The summed E-state index contributed by atoms with van der Waals surface area (Å²) in [6, 6.07) is 12.5. The molecule has 34 heavy (non-hydrogen) atoms. The number of hydrogen-bond donors (Lipinski definition) is 5. The summed E-state index contributed by atoms with van der Waals surface area (Å²) in [5, 5.41) is 36.0. The van der Waals surface area contributed by atoms with Crippen LogP contribution in [0.2, 0.25) is 0 Å². The Morgan fingerprint density at radius 2 is 1.68 bits per heavy atom. The highest BCUT2D eigenvalue weighted by Crippen LogP contribution is 2.36. The van der Waals surface area contributed by atoms with Crippen LogP contribution in [0.4, 0.5) is 4.39 Å². The molecular formula is C23H26FNO9. The fraction of sp³-hybridized carbons (Fsp3) is 0.391. The Balaban J connectivity index is 0.000000277. The highest BCUT2D eigenvalue weighted by atomic mass is 19.1. The number of hydrogen-bond acceptors (Lipinski definition) is 8. The van der Waals surface area contributed by atoms with Crippen molar-refractivity contribution in [1.82, 2.24) is 5.32 Å². The van der Waals surface area contributed by atoms with E-state index >= 15 is 0 Å². The number of ether oxygens (including phenoxy) is 3. The van der Waals surface area contributed by atoms with Crippen molar-refractivity contribution in [1.29, 1.82) is 0 Å². The summed E-state index contributed by atoms with van der Waals surface area (Å²) in [6.07, 6.45) is -3.50. The molecule has 0 spiro atoms. The smallest absolute Gasteiger partial charge is 0.335 e. The van der Waals surface area contributed by atoms with Gasteiger partial charge >= 0.3 is 11.9 Å². The van der Waals surface area contributed by atoms with Gasteiger partial charge in [-0.25, -0.2) is 14.0 Å². The van der Waals surface area contributed by atoms with Crippen LogP contribution in [0.3, 0.4) is 0 Å². The second-order valence-electron chi connectivity index (χ2n) is 7.80. The molecule has 1 fully saturated rings. The SMILES string of the molecule is Fc1ccc([C@@H]2CCNC[C@H]2COc2ccc3c(c2)OCO3)cc1.O=C(O)C(O)C(O)C(=O)O. The van der Waals surface area contributed by atoms with E-state index in [9.17, 15) is 14.0 Å². The van der Waals surface area contributed by atoms with Crippen LogP contribution >= 0.6 is 0 Å². The number of benzene rings is 2. The van der Waals surface area contributed by atoms with Crippen LogP contribution in [0, 0.1) is 11.7 Å². The molecule has 2 unspecified atom stereocenters. The van der Waals surface area contributed by atoms with Gasteiger partial charge < -0.3 is 40.0 Å². The molecule has 2 aromatic carbocycles. The number of carbonyl (C=O) groups is 2. The molecule has 1 saturated heterocycles. The maximum Gasteiger partial charge on any atom is 0.335 e. The lowest BCUT2D eigenvalue weighted by Crippen LogP contribution is -2.39. The normalized spacial score (nSPS) is 20.4. The summed E-state index contributed by atoms with van der Waals surface area (Å²) in [6.45, 7) is 2.74. The van der Waals surface area contributed by atoms with Gasteiger partial charge in [0.2, 0.25) is 6.79 Å². The van der Waals surface area contributed by atoms with Gasteiger partial charge in [-0.2, -0.15) is 0 Å². The average molecular weight is 479 g/mol. The third-order valence-electron chi connectivity index (χ3n) is 5.52. The van der Waals surface area contributed by atoms with Gasteiger partial charge in [0.1, 0.15) is 11.6 Å². The molecule has 0 aliphatic carbocycles. The molecule has 11 heteroatoms. The largest absolute Gasteiger partial charge is 0.493 e. The third-order valence-corrected chi connectivity index (χ3v) is 5.52. The van der Waals surface area contributed by atoms with Crippen molar-refractivity contribution in [3.8, 4) is 17.2 Å². The molecule has 2 aromatic rings. The first kappa shape index (κ1) is 25.2. The first-order valence-corrected chi connectivity index (χ1v) is 10.6. The Morgan fingerprint density at radius 1 is 1.03 bits per heavy atom. The molecule has 184 valence electrons. The minimum atomic E-state index is -2.27. The molecule has 0 amide bonds. The summed E-state index contributed by atoms with van der Waals surface area (Å²) < 4.78 is 29.9. The average Bonchev–Trinajstić information content (AvgIpc) is 3.31. The number of aliphatic hydroxyl groups excluding tert-OH is 2. The monoisotopic (exact) mass is 479 g/mol. The van der Waals surface area contributed by atoms with E-state index < -0.39 is 24.1 Å². The molecule has 2 aliphatic heterocycles. The molecule has 5 N–H and O–H groups in total. The molecule has 10 nitrogen and oxygen atoms in total. The number of aliphatic carboxylic acids is 2. The Bertz CT molecular complexity index is 967. The van der Waals surface area contributed by atoms with Gasteiger partial charge in [0.15, 0.2) is 23.7 Å². The van der Waals surface area contributed by atoms with Gasteiger partial charge in [-0.05, 0) is 48.7 Å². The number of rotatable bonds is 7. The zero-order valence-corrected chi connectivity index (χ0v) is 18.1. The number of nitrogens with one attached hydrogen (secondary N) is 1. The predicted molar refractivity (Wildman–Crippen MR) is 115 cm³/mol. The van der Waals surface area contributed by atoms with Gasteiger partial charge in [0, 0.05) is 18.5 Å². The minimum Gasteiger partial charge on any atom is -0.493 e. The fourth-order valence-electron chi connectivity index (χ4n) is 3.69. The van der Waals surface area contributed by atoms with E-state index in [1.807, 2.05) is 30.3 Å². The Labute approximate surface area is 194 Å². The maximum atomic E-state index is 13.2. The second-order valence-corrected chi connectivity index (χ2v) is 7.80. The van der Waals surface area contributed by atoms with E-state index in [-0.39, 0.29) is 12.6 Å². The zero-order chi connectivity index (χ0) is 24.7. The second kappa shape index (κ2) is 11.6. The molecule has 0 bridgehead atoms. The summed E-state index contributed by atoms with van der Waals surface area (Å²) in [7, 11) is 0. The van der Waals surface area contributed by atoms with Crippen molar-refractivity contribution < 1.29 is 48.6 Å². The summed E-state index contributed by atoms with van der Waals surface area (Å²) >= 11 is 0. The van der Waals surface area contributed by atoms with Crippen molar-refractivity contribution in [3.63, 3.8) is 0 Å². The van der Waals surface area contributed by atoms with Gasteiger partial charge in [-0.1, -0.05) is 12.1 Å². The summed E-state index contributed by atoms with van der Waals surface area (Å²) in [5.41, 5.74) is 1.18. The zero-order valence-electron chi connectivity index (χ0n) is 18.1. The van der Waals surface area contributed by atoms with Crippen LogP contribution in [0.5, 0.6) is 17.2 Å². The lowest BCUT2D eigenvalue weighted by Gasteiger charge is -2.32.